The largest absolute Gasteiger partial charge is 0.490 e. The molecule has 0 heterocycles. The number of carbonyl (C=O) groups excluding carboxylic acids is 2. The second-order valence-electron chi connectivity index (χ2n) is 13.2. The van der Waals surface area contributed by atoms with Gasteiger partial charge >= 0.3 is 0 Å². The van der Waals surface area contributed by atoms with Crippen LogP contribution in [0.1, 0.15) is 79.7 Å². The van der Waals surface area contributed by atoms with E-state index in [0.717, 1.165) is 5.56 Å². The predicted molar refractivity (Wildman–Crippen MR) is 178 cm³/mol. The van der Waals surface area contributed by atoms with E-state index in [1.807, 2.05) is 32.0 Å². The number of benzene rings is 1. The van der Waals surface area contributed by atoms with Crippen LogP contribution in [-0.2, 0) is 31.0 Å². The van der Waals surface area contributed by atoms with Crippen LogP contribution in [0.25, 0.3) is 0 Å². The molecule has 2 amide bonds. The number of hydrogen-bond acceptors (Lipinski definition) is 9. The topological polar surface area (TPSA) is 180 Å². The molecule has 0 aliphatic rings. The fraction of sp³-hybridized carbons (Fsp3) is 0.727. The lowest BCUT2D eigenvalue weighted by atomic mass is 9.80. The minimum absolute atomic E-state index is 0.0447. The van der Waals surface area contributed by atoms with Gasteiger partial charge in [0.1, 0.15) is 0 Å². The Morgan fingerprint density at radius 2 is 1.64 bits per heavy atom. The van der Waals surface area contributed by atoms with Gasteiger partial charge in [0, 0.05) is 49.9 Å². The molecule has 0 bridgehead atoms. The Labute approximate surface area is 271 Å². The molecule has 1 rings (SSSR count). The maximum absolute atomic E-state index is 13.0. The molecule has 0 spiro atoms. The van der Waals surface area contributed by atoms with Crippen LogP contribution in [0, 0.1) is 29.1 Å². The van der Waals surface area contributed by atoms with Gasteiger partial charge in [-0.1, -0.05) is 33.8 Å². The van der Waals surface area contributed by atoms with Crippen molar-refractivity contribution in [3.05, 3.63) is 23.8 Å². The molecule has 4 atom stereocenters. The van der Waals surface area contributed by atoms with Gasteiger partial charge in [0.05, 0.1) is 24.7 Å². The summed E-state index contributed by atoms with van der Waals surface area (Å²) in [5.41, 5.74) is 12.1. The summed E-state index contributed by atoms with van der Waals surface area (Å²) in [5, 5.41) is 13.9. The van der Waals surface area contributed by atoms with E-state index in [2.05, 4.69) is 19.2 Å². The summed E-state index contributed by atoms with van der Waals surface area (Å²) in [6.07, 6.45) is 1.51. The Kier molecular flexibility index (Phi) is 17.7. The van der Waals surface area contributed by atoms with E-state index in [9.17, 15) is 23.1 Å². The number of nitrogens with two attached hydrogens (primary N) is 2. The van der Waals surface area contributed by atoms with Gasteiger partial charge in [0.25, 0.3) is 0 Å². The molecule has 0 unspecified atom stereocenters. The third-order valence-corrected chi connectivity index (χ3v) is 9.05. The number of hydrogen-bond donors (Lipinski definition) is 4. The summed E-state index contributed by atoms with van der Waals surface area (Å²) in [6.45, 7) is 14.3. The number of nitrogens with one attached hydrogen (secondary N) is 1. The molecule has 0 saturated carbocycles. The molecule has 0 fully saturated rings. The molecule has 1 aromatic rings. The Morgan fingerprint density at radius 3 is 2.20 bits per heavy atom. The first kappa shape index (κ1) is 40.4. The van der Waals surface area contributed by atoms with E-state index in [1.54, 1.807) is 27.9 Å². The number of carbonyl (C=O) groups is 2. The molecule has 12 heteroatoms. The van der Waals surface area contributed by atoms with Crippen molar-refractivity contribution in [1.29, 1.82) is 0 Å². The van der Waals surface area contributed by atoms with Crippen molar-refractivity contribution >= 4 is 27.0 Å². The van der Waals surface area contributed by atoms with Crippen molar-refractivity contribution in [2.24, 2.45) is 40.6 Å². The standard InChI is InChI=1S/C33H57N3O8S/c1-21(2)25(18-27(34)28(37)19-26(22(3)4)31(38)36-20-33(6,7)32(35)39)16-24-10-11-29(44-15-12-23(5)45(40)41)30(17-24)43-14-9-13-42-8/h10-11,17,21-22,25-28,37H,9,12-16,18-20,34H2,1-8H3,(H2,35,39)(H,36,38)/t25-,26-,27-,28-/m0/s1. The van der Waals surface area contributed by atoms with Gasteiger partial charge in [-0.05, 0) is 75.5 Å². The molecular formula is C33H57N3O8S. The van der Waals surface area contributed by atoms with Crippen LogP contribution in [0.3, 0.4) is 0 Å². The lowest BCUT2D eigenvalue weighted by Gasteiger charge is -2.30. The zero-order valence-electron chi connectivity index (χ0n) is 28.4. The van der Waals surface area contributed by atoms with E-state index in [1.165, 1.54) is 0 Å². The Balaban J connectivity index is 3.00. The smallest absolute Gasteiger partial charge is 0.224 e. The first-order valence-electron chi connectivity index (χ1n) is 15.8. The highest BCUT2D eigenvalue weighted by atomic mass is 32.2. The third-order valence-electron chi connectivity index (χ3n) is 8.27. The van der Waals surface area contributed by atoms with Gasteiger partial charge in [-0.2, -0.15) is 8.42 Å². The van der Waals surface area contributed by atoms with Gasteiger partial charge in [-0.25, -0.2) is 0 Å². The highest BCUT2D eigenvalue weighted by molar-refractivity contribution is 7.72. The van der Waals surface area contributed by atoms with Gasteiger partial charge in [0.15, 0.2) is 11.5 Å². The van der Waals surface area contributed by atoms with E-state index in [-0.39, 0.29) is 49.7 Å². The maximum atomic E-state index is 13.0. The summed E-state index contributed by atoms with van der Waals surface area (Å²) in [6, 6.07) is 5.19. The van der Waals surface area contributed by atoms with Crippen molar-refractivity contribution in [3.8, 4) is 11.5 Å². The van der Waals surface area contributed by atoms with Crippen molar-refractivity contribution in [2.45, 2.75) is 92.7 Å². The maximum Gasteiger partial charge on any atom is 0.224 e. The Morgan fingerprint density at radius 1 is 1.00 bits per heavy atom. The number of rotatable bonds is 22. The number of methoxy groups -OCH3 is 1. The third kappa shape index (κ3) is 14.5. The fourth-order valence-electron chi connectivity index (χ4n) is 4.73. The number of aliphatic hydroxyl groups is 1. The zero-order chi connectivity index (χ0) is 34.3. The van der Waals surface area contributed by atoms with E-state index in [4.69, 9.17) is 25.7 Å². The first-order chi connectivity index (χ1) is 21.0. The van der Waals surface area contributed by atoms with E-state index >= 15 is 0 Å². The number of aliphatic hydroxyl groups excluding tert-OH is 1. The second kappa shape index (κ2) is 19.8. The molecule has 11 nitrogen and oxygen atoms in total. The lowest BCUT2D eigenvalue weighted by molar-refractivity contribution is -0.130. The molecule has 0 aliphatic carbocycles. The molecule has 0 saturated heterocycles. The quantitative estimate of drug-likeness (QED) is 0.108. The molecule has 45 heavy (non-hydrogen) atoms. The molecular weight excluding hydrogens is 598 g/mol. The van der Waals surface area contributed by atoms with Crippen LogP contribution >= 0.6 is 0 Å². The van der Waals surface area contributed by atoms with Crippen LogP contribution in [0.5, 0.6) is 11.5 Å². The van der Waals surface area contributed by atoms with Crippen LogP contribution in [-0.4, -0.2) is 75.8 Å². The molecule has 0 aromatic heterocycles. The average molecular weight is 656 g/mol. The van der Waals surface area contributed by atoms with Crippen LogP contribution < -0.4 is 26.3 Å². The predicted octanol–water partition coefficient (Wildman–Crippen LogP) is 3.13. The second-order valence-corrected chi connectivity index (χ2v) is 14.4. The zero-order valence-corrected chi connectivity index (χ0v) is 29.2. The number of amides is 2. The van der Waals surface area contributed by atoms with Gasteiger partial charge in [0.2, 0.25) is 22.1 Å². The summed E-state index contributed by atoms with van der Waals surface area (Å²) in [5.74, 6) is 0.241. The molecule has 0 radical (unpaired) electrons. The average Bonchev–Trinajstić information content (AvgIpc) is 2.96. The fourth-order valence-corrected chi connectivity index (χ4v) is 4.98. The molecule has 258 valence electrons. The van der Waals surface area contributed by atoms with Crippen LogP contribution in [0.2, 0.25) is 0 Å². The van der Waals surface area contributed by atoms with Crippen LogP contribution in [0.4, 0.5) is 0 Å². The first-order valence-corrected chi connectivity index (χ1v) is 16.9. The van der Waals surface area contributed by atoms with Gasteiger partial charge in [-0.3, -0.25) is 9.59 Å². The lowest BCUT2D eigenvalue weighted by Crippen LogP contribution is -2.46. The van der Waals surface area contributed by atoms with Crippen molar-refractivity contribution < 1.29 is 37.3 Å². The Bertz CT molecular complexity index is 1210. The van der Waals surface area contributed by atoms with Crippen molar-refractivity contribution in [3.63, 3.8) is 0 Å². The summed E-state index contributed by atoms with van der Waals surface area (Å²) < 4.78 is 39.3. The summed E-state index contributed by atoms with van der Waals surface area (Å²) >= 11 is 0. The monoisotopic (exact) mass is 655 g/mol. The van der Waals surface area contributed by atoms with Gasteiger partial charge < -0.3 is 36.1 Å². The van der Waals surface area contributed by atoms with Gasteiger partial charge in [-0.15, -0.1) is 0 Å². The summed E-state index contributed by atoms with van der Waals surface area (Å²) in [4.78, 5) is 25.0. The summed E-state index contributed by atoms with van der Waals surface area (Å²) in [7, 11) is -0.609. The number of ether oxygens (including phenoxy) is 3. The highest BCUT2D eigenvalue weighted by Crippen LogP contribution is 2.32. The highest BCUT2D eigenvalue weighted by Gasteiger charge is 2.32. The molecule has 0 aliphatic heterocycles. The van der Waals surface area contributed by atoms with E-state index in [0.29, 0.717) is 48.8 Å². The number of primary amides is 1. The van der Waals surface area contributed by atoms with Crippen LogP contribution in [0.15, 0.2) is 18.2 Å². The minimum Gasteiger partial charge on any atom is -0.490 e. The van der Waals surface area contributed by atoms with Crippen molar-refractivity contribution in [2.75, 3.05) is 33.5 Å². The normalized spacial score (nSPS) is 14.5. The van der Waals surface area contributed by atoms with E-state index < -0.39 is 39.7 Å². The van der Waals surface area contributed by atoms with Crippen molar-refractivity contribution in [1.82, 2.24) is 5.32 Å². The SMILES string of the molecule is COCCCOc1cc(C[C@@H](C[C@H](N)[C@@H](O)C[C@H](C(=O)NCC(C)(C)C(N)=O)C(C)C)C(C)C)ccc1OCCC(C)=S(=O)=O. The minimum atomic E-state index is -2.24. The molecule has 6 N–H and O–H groups in total. The molecule has 1 aromatic carbocycles. The Hall–Kier alpha value is -2.67.